The minimum atomic E-state index is -0.139. The second kappa shape index (κ2) is 8.12. The number of nitrogens with one attached hydrogen (secondary N) is 1. The number of fused-ring (bicyclic) bond motifs is 1. The first-order valence-corrected chi connectivity index (χ1v) is 12.8. The normalized spacial score (nSPS) is 26.8. The molecule has 2 bridgehead atoms. The van der Waals surface area contributed by atoms with Crippen molar-refractivity contribution in [3.05, 3.63) is 42.5 Å². The van der Waals surface area contributed by atoms with E-state index in [4.69, 9.17) is 0 Å². The highest BCUT2D eigenvalue weighted by atomic mass is 32.2. The van der Waals surface area contributed by atoms with Crippen molar-refractivity contribution in [3.8, 4) is 0 Å². The van der Waals surface area contributed by atoms with Crippen molar-refractivity contribution >= 4 is 51.8 Å². The van der Waals surface area contributed by atoms with Crippen molar-refractivity contribution in [1.82, 2.24) is 4.90 Å². The van der Waals surface area contributed by atoms with Gasteiger partial charge >= 0.3 is 0 Å². The van der Waals surface area contributed by atoms with Crippen LogP contribution in [-0.4, -0.2) is 45.9 Å². The Kier molecular flexibility index (Phi) is 5.48. The van der Waals surface area contributed by atoms with E-state index in [1.54, 1.807) is 11.9 Å². The zero-order valence-corrected chi connectivity index (χ0v) is 18.9. The number of anilines is 1. The van der Waals surface area contributed by atoms with Crippen LogP contribution < -0.4 is 5.32 Å². The van der Waals surface area contributed by atoms with Gasteiger partial charge in [0.25, 0.3) is 0 Å². The van der Waals surface area contributed by atoms with Crippen LogP contribution in [0.4, 0.5) is 5.69 Å². The molecule has 2 aromatic carbocycles. The van der Waals surface area contributed by atoms with Gasteiger partial charge in [-0.3, -0.25) is 9.59 Å². The lowest BCUT2D eigenvalue weighted by atomic mass is 9.79. The third-order valence-corrected chi connectivity index (χ3v) is 11.1. The number of carbonyl (C=O) groups excluding carboxylic acids is 2. The Morgan fingerprint density at radius 3 is 2.43 bits per heavy atom. The topological polar surface area (TPSA) is 49.4 Å². The molecule has 1 N–H and O–H groups in total. The lowest BCUT2D eigenvalue weighted by molar-refractivity contribution is -0.138. The molecule has 3 atom stereocenters. The van der Waals surface area contributed by atoms with Crippen LogP contribution in [0.1, 0.15) is 25.7 Å². The summed E-state index contributed by atoms with van der Waals surface area (Å²) in [6, 6.07) is 13.9. The summed E-state index contributed by atoms with van der Waals surface area (Å²) in [6.45, 7) is 0.0997. The van der Waals surface area contributed by atoms with Crippen molar-refractivity contribution in [2.24, 2.45) is 17.8 Å². The molecular formula is C24H28N2O2S2. The molecule has 2 aliphatic carbocycles. The molecular weight excluding hydrogens is 412 g/mol. The Bertz CT molecular complexity index is 951. The van der Waals surface area contributed by atoms with E-state index in [0.29, 0.717) is 15.9 Å². The average molecular weight is 441 g/mol. The molecule has 158 valence electrons. The maximum absolute atomic E-state index is 13.2. The molecule has 1 heterocycles. The standard InChI is InChI=1S/C24H28N2O2S2/c1-26(15-22(27)25-21-8-4-6-16-5-2-3-7-20(16)21)23(28)17-13-18-9-10-19(14-17)24(18)29-11-12-30-24/h2-8,17-19H,9-15H2,1H3,(H,25,27)/t17?,18-,19+. The van der Waals surface area contributed by atoms with E-state index in [0.717, 1.165) is 29.3 Å². The summed E-state index contributed by atoms with van der Waals surface area (Å²) in [6.07, 6.45) is 4.51. The predicted molar refractivity (Wildman–Crippen MR) is 127 cm³/mol. The third-order valence-electron chi connectivity index (χ3n) is 7.05. The number of nitrogens with zero attached hydrogens (tertiary/aromatic N) is 1. The smallest absolute Gasteiger partial charge is 0.244 e. The SMILES string of the molecule is CN(CC(=O)Nc1cccc2ccccc12)C(=O)C1C[C@H]2CC[C@@H](C1)C21SCCS1. The molecule has 5 rings (SSSR count). The zero-order valence-electron chi connectivity index (χ0n) is 17.3. The van der Waals surface area contributed by atoms with Crippen LogP contribution in [0.2, 0.25) is 0 Å². The number of likely N-dealkylation sites (N-methyl/N-ethyl adjacent to an activating group) is 1. The zero-order chi connectivity index (χ0) is 20.7. The van der Waals surface area contributed by atoms with E-state index in [1.807, 2.05) is 42.5 Å². The molecule has 2 aromatic rings. The maximum Gasteiger partial charge on any atom is 0.244 e. The van der Waals surface area contributed by atoms with Gasteiger partial charge < -0.3 is 10.2 Å². The largest absolute Gasteiger partial charge is 0.336 e. The summed E-state index contributed by atoms with van der Waals surface area (Å²) in [5.41, 5.74) is 0.798. The second-order valence-electron chi connectivity index (χ2n) is 8.83. The number of carbonyl (C=O) groups is 2. The molecule has 6 heteroatoms. The molecule has 1 unspecified atom stereocenters. The molecule has 2 saturated carbocycles. The highest BCUT2D eigenvalue weighted by Crippen LogP contribution is 2.65. The quantitative estimate of drug-likeness (QED) is 0.738. The van der Waals surface area contributed by atoms with Crippen molar-refractivity contribution < 1.29 is 9.59 Å². The third kappa shape index (κ3) is 3.52. The molecule has 0 radical (unpaired) electrons. The van der Waals surface area contributed by atoms with Gasteiger partial charge in [-0.25, -0.2) is 0 Å². The van der Waals surface area contributed by atoms with Crippen LogP contribution in [0.3, 0.4) is 0 Å². The van der Waals surface area contributed by atoms with Crippen LogP contribution in [0.25, 0.3) is 10.8 Å². The second-order valence-corrected chi connectivity index (χ2v) is 11.8. The number of rotatable bonds is 4. The molecule has 2 amide bonds. The van der Waals surface area contributed by atoms with Gasteiger partial charge in [-0.15, -0.1) is 23.5 Å². The van der Waals surface area contributed by atoms with E-state index in [-0.39, 0.29) is 24.3 Å². The predicted octanol–water partition coefficient (Wildman–Crippen LogP) is 4.85. The molecule has 3 fully saturated rings. The van der Waals surface area contributed by atoms with Crippen molar-refractivity contribution in [2.45, 2.75) is 29.8 Å². The van der Waals surface area contributed by atoms with Crippen LogP contribution in [-0.2, 0) is 9.59 Å². The summed E-state index contributed by atoms with van der Waals surface area (Å²) in [5.74, 6) is 3.89. The van der Waals surface area contributed by atoms with E-state index >= 15 is 0 Å². The molecule has 30 heavy (non-hydrogen) atoms. The first-order chi connectivity index (χ1) is 14.6. The number of hydrogen-bond donors (Lipinski definition) is 1. The Morgan fingerprint density at radius 1 is 1.03 bits per heavy atom. The summed E-state index contributed by atoms with van der Waals surface area (Å²) < 4.78 is 0.390. The van der Waals surface area contributed by atoms with Crippen LogP contribution in [0.15, 0.2) is 42.5 Å². The Labute approximate surface area is 186 Å². The fourth-order valence-corrected chi connectivity index (χ4v) is 9.67. The summed E-state index contributed by atoms with van der Waals surface area (Å²) >= 11 is 4.31. The van der Waals surface area contributed by atoms with Crippen LogP contribution >= 0.6 is 23.5 Å². The minimum Gasteiger partial charge on any atom is -0.336 e. The van der Waals surface area contributed by atoms with E-state index in [9.17, 15) is 9.59 Å². The summed E-state index contributed by atoms with van der Waals surface area (Å²) in [5, 5.41) is 5.11. The molecule has 1 saturated heterocycles. The van der Waals surface area contributed by atoms with Crippen molar-refractivity contribution in [2.75, 3.05) is 30.4 Å². The summed E-state index contributed by atoms with van der Waals surface area (Å²) in [7, 11) is 1.77. The first-order valence-electron chi connectivity index (χ1n) is 10.9. The minimum absolute atomic E-state index is 0.0743. The number of benzene rings is 2. The Hall–Kier alpha value is -1.66. The van der Waals surface area contributed by atoms with Crippen LogP contribution in [0.5, 0.6) is 0 Å². The van der Waals surface area contributed by atoms with Gasteiger partial charge in [-0.05, 0) is 49.0 Å². The first kappa shape index (κ1) is 20.3. The Morgan fingerprint density at radius 2 is 1.70 bits per heavy atom. The number of amides is 2. The van der Waals surface area contributed by atoms with E-state index in [1.165, 1.54) is 24.3 Å². The maximum atomic E-state index is 13.2. The van der Waals surface area contributed by atoms with E-state index in [2.05, 4.69) is 28.8 Å². The molecule has 3 aliphatic rings. The van der Waals surface area contributed by atoms with Crippen LogP contribution in [0, 0.1) is 17.8 Å². The van der Waals surface area contributed by atoms with Crippen molar-refractivity contribution in [3.63, 3.8) is 0 Å². The van der Waals surface area contributed by atoms with Gasteiger partial charge in [0.05, 0.1) is 10.6 Å². The molecule has 1 aliphatic heterocycles. The fourth-order valence-electron chi connectivity index (χ4n) is 5.73. The lowest BCUT2D eigenvalue weighted by Gasteiger charge is -2.43. The van der Waals surface area contributed by atoms with Gasteiger partial charge in [0.2, 0.25) is 11.8 Å². The average Bonchev–Trinajstić information content (AvgIpc) is 3.28. The molecule has 0 aromatic heterocycles. The lowest BCUT2D eigenvalue weighted by Crippen LogP contribution is -2.45. The van der Waals surface area contributed by atoms with Gasteiger partial charge in [0, 0.05) is 35.5 Å². The molecule has 4 nitrogen and oxygen atoms in total. The van der Waals surface area contributed by atoms with Gasteiger partial charge in [-0.2, -0.15) is 0 Å². The highest BCUT2D eigenvalue weighted by molar-refractivity contribution is 8.21. The summed E-state index contributed by atoms with van der Waals surface area (Å²) in [4.78, 5) is 27.5. The number of hydrogen-bond acceptors (Lipinski definition) is 4. The monoisotopic (exact) mass is 440 g/mol. The van der Waals surface area contributed by atoms with Gasteiger partial charge in [0.15, 0.2) is 0 Å². The van der Waals surface area contributed by atoms with Gasteiger partial charge in [-0.1, -0.05) is 36.4 Å². The highest BCUT2D eigenvalue weighted by Gasteiger charge is 2.57. The van der Waals surface area contributed by atoms with Crippen molar-refractivity contribution in [1.29, 1.82) is 0 Å². The molecule has 1 spiro atoms. The number of thioether (sulfide) groups is 2. The van der Waals surface area contributed by atoms with Gasteiger partial charge in [0.1, 0.15) is 0 Å². The van der Waals surface area contributed by atoms with E-state index < -0.39 is 0 Å². The fraction of sp³-hybridized carbons (Fsp3) is 0.500. The Balaban J connectivity index is 1.22.